The Morgan fingerprint density at radius 1 is 1.32 bits per heavy atom. The molecule has 0 aromatic heterocycles. The summed E-state index contributed by atoms with van der Waals surface area (Å²) in [6.07, 6.45) is 0. The molecule has 0 saturated heterocycles. The summed E-state index contributed by atoms with van der Waals surface area (Å²) in [5, 5.41) is -0.629. The zero-order valence-corrected chi connectivity index (χ0v) is 14.5. The van der Waals surface area contributed by atoms with Crippen molar-refractivity contribution in [2.75, 3.05) is 26.6 Å². The molecule has 2 N–H and O–H groups in total. The molecule has 122 valence electrons. The van der Waals surface area contributed by atoms with Crippen LogP contribution in [0.3, 0.4) is 0 Å². The molecule has 1 aliphatic carbocycles. The van der Waals surface area contributed by atoms with Crippen LogP contribution >= 0.6 is 12.2 Å². The summed E-state index contributed by atoms with van der Waals surface area (Å²) in [7, 11) is -0.181. The lowest BCUT2D eigenvalue weighted by Gasteiger charge is -2.15. The van der Waals surface area contributed by atoms with Crippen LogP contribution in [-0.2, 0) is 14.6 Å². The molecular formula is C15H21NO4S2. The molecule has 3 atom stereocenters. The van der Waals surface area contributed by atoms with Crippen molar-refractivity contribution in [1.82, 2.24) is 0 Å². The third-order valence-corrected chi connectivity index (χ3v) is 7.01. The molecule has 1 aliphatic rings. The van der Waals surface area contributed by atoms with E-state index in [1.54, 1.807) is 26.2 Å². The van der Waals surface area contributed by atoms with Crippen LogP contribution in [0.1, 0.15) is 18.4 Å². The quantitative estimate of drug-likeness (QED) is 0.756. The normalized spacial score (nSPS) is 27.4. The fourth-order valence-electron chi connectivity index (χ4n) is 3.17. The predicted octanol–water partition coefficient (Wildman–Crippen LogP) is 1.51. The standard InChI is InChI=1S/C15H21NO4S2/c1-4-22(17,18)13-12(15(13,9-19-2)14(16)21)10-5-7-11(20-3)8-6-10/h5-8,12-13H,4,9H2,1-3H3,(H2,16,21). The van der Waals surface area contributed by atoms with Crippen LogP contribution in [-0.4, -0.2) is 45.2 Å². The average Bonchev–Trinajstić information content (AvgIpc) is 3.19. The molecule has 1 fully saturated rings. The van der Waals surface area contributed by atoms with Crippen LogP contribution in [0.25, 0.3) is 0 Å². The van der Waals surface area contributed by atoms with Crippen LogP contribution in [0.5, 0.6) is 5.75 Å². The second kappa shape index (κ2) is 6.14. The van der Waals surface area contributed by atoms with Gasteiger partial charge in [0.25, 0.3) is 0 Å². The van der Waals surface area contributed by atoms with Crippen LogP contribution in [0.2, 0.25) is 0 Å². The van der Waals surface area contributed by atoms with E-state index in [9.17, 15) is 8.42 Å². The Bertz CT molecular complexity index is 657. The smallest absolute Gasteiger partial charge is 0.154 e. The molecule has 1 aromatic rings. The van der Waals surface area contributed by atoms with Gasteiger partial charge >= 0.3 is 0 Å². The number of sulfone groups is 1. The largest absolute Gasteiger partial charge is 0.497 e. The van der Waals surface area contributed by atoms with E-state index in [2.05, 4.69) is 0 Å². The molecule has 1 aromatic carbocycles. The van der Waals surface area contributed by atoms with Gasteiger partial charge in [0.1, 0.15) is 5.75 Å². The average molecular weight is 343 g/mol. The summed E-state index contributed by atoms with van der Waals surface area (Å²) in [4.78, 5) is 0.192. The number of methoxy groups -OCH3 is 2. The fraction of sp³-hybridized carbons (Fsp3) is 0.533. The molecule has 0 aliphatic heterocycles. The summed E-state index contributed by atoms with van der Waals surface area (Å²) >= 11 is 5.19. The van der Waals surface area contributed by atoms with Crippen molar-refractivity contribution in [1.29, 1.82) is 0 Å². The molecule has 0 bridgehead atoms. The van der Waals surface area contributed by atoms with Gasteiger partial charge in [0.2, 0.25) is 0 Å². The summed E-state index contributed by atoms with van der Waals surface area (Å²) in [6, 6.07) is 7.33. The lowest BCUT2D eigenvalue weighted by Crippen LogP contribution is -2.33. The van der Waals surface area contributed by atoms with E-state index in [-0.39, 0.29) is 23.3 Å². The van der Waals surface area contributed by atoms with Gasteiger partial charge < -0.3 is 15.2 Å². The van der Waals surface area contributed by atoms with E-state index in [0.29, 0.717) is 5.75 Å². The van der Waals surface area contributed by atoms with Crippen LogP contribution in [0.4, 0.5) is 0 Å². The molecule has 0 amide bonds. The van der Waals surface area contributed by atoms with Gasteiger partial charge in [-0.05, 0) is 17.7 Å². The summed E-state index contributed by atoms with van der Waals surface area (Å²) in [5.74, 6) is 0.492. The number of thiocarbonyl (C=S) groups is 1. The Hall–Kier alpha value is -1.18. The zero-order chi connectivity index (χ0) is 16.5. The maximum atomic E-state index is 12.5. The molecule has 5 nitrogen and oxygen atoms in total. The van der Waals surface area contributed by atoms with E-state index in [1.165, 1.54) is 7.11 Å². The van der Waals surface area contributed by atoms with E-state index in [1.807, 2.05) is 12.1 Å². The van der Waals surface area contributed by atoms with Crippen molar-refractivity contribution in [3.05, 3.63) is 29.8 Å². The number of hydrogen-bond donors (Lipinski definition) is 1. The minimum absolute atomic E-state index is 0.0540. The number of ether oxygens (including phenoxy) is 2. The SMILES string of the molecule is CCS(=O)(=O)C1C(c2ccc(OC)cc2)C1(COC)C(N)=S. The monoisotopic (exact) mass is 343 g/mol. The predicted molar refractivity (Wildman–Crippen MR) is 90.1 cm³/mol. The Kier molecular flexibility index (Phi) is 4.79. The third kappa shape index (κ3) is 2.61. The fourth-order valence-corrected chi connectivity index (χ4v) is 5.64. The molecular weight excluding hydrogens is 322 g/mol. The van der Waals surface area contributed by atoms with Crippen molar-refractivity contribution in [2.45, 2.75) is 18.1 Å². The lowest BCUT2D eigenvalue weighted by molar-refractivity contribution is 0.166. The van der Waals surface area contributed by atoms with Crippen LogP contribution < -0.4 is 10.5 Å². The first-order valence-corrected chi connectivity index (χ1v) is 9.11. The first kappa shape index (κ1) is 17.2. The molecule has 0 radical (unpaired) electrons. The minimum Gasteiger partial charge on any atom is -0.497 e. The minimum atomic E-state index is -3.29. The maximum Gasteiger partial charge on any atom is 0.154 e. The second-order valence-electron chi connectivity index (χ2n) is 5.46. The Balaban J connectivity index is 2.48. The van der Waals surface area contributed by atoms with Gasteiger partial charge in [-0.3, -0.25) is 0 Å². The van der Waals surface area contributed by atoms with Crippen LogP contribution in [0.15, 0.2) is 24.3 Å². The highest BCUT2D eigenvalue weighted by Crippen LogP contribution is 2.63. The van der Waals surface area contributed by atoms with Crippen LogP contribution in [0, 0.1) is 5.41 Å². The number of nitrogens with two attached hydrogens (primary N) is 1. The number of rotatable bonds is 7. The summed E-state index contributed by atoms with van der Waals surface area (Å²) in [5.41, 5.74) is 5.96. The van der Waals surface area contributed by atoms with Gasteiger partial charge in [-0.25, -0.2) is 8.42 Å². The van der Waals surface area contributed by atoms with Crippen molar-refractivity contribution in [3.63, 3.8) is 0 Å². The Morgan fingerprint density at radius 2 is 1.91 bits per heavy atom. The maximum absolute atomic E-state index is 12.5. The molecule has 2 rings (SSSR count). The topological polar surface area (TPSA) is 78.6 Å². The first-order chi connectivity index (χ1) is 10.3. The molecule has 22 heavy (non-hydrogen) atoms. The van der Waals surface area contributed by atoms with E-state index in [4.69, 9.17) is 27.4 Å². The van der Waals surface area contributed by atoms with Crippen molar-refractivity contribution >= 4 is 27.0 Å². The first-order valence-electron chi connectivity index (χ1n) is 6.99. The highest BCUT2D eigenvalue weighted by Gasteiger charge is 2.72. The zero-order valence-electron chi connectivity index (χ0n) is 12.9. The van der Waals surface area contributed by atoms with E-state index in [0.717, 1.165) is 5.56 Å². The Morgan fingerprint density at radius 3 is 2.32 bits per heavy atom. The number of benzene rings is 1. The third-order valence-electron chi connectivity index (χ3n) is 4.36. The van der Waals surface area contributed by atoms with E-state index >= 15 is 0 Å². The number of hydrogen-bond acceptors (Lipinski definition) is 5. The van der Waals surface area contributed by atoms with Gasteiger partial charge in [0, 0.05) is 18.8 Å². The van der Waals surface area contributed by atoms with Gasteiger partial charge in [0.05, 0.1) is 29.4 Å². The van der Waals surface area contributed by atoms with Crippen molar-refractivity contribution in [3.8, 4) is 5.75 Å². The molecule has 0 heterocycles. The summed E-state index contributed by atoms with van der Waals surface area (Å²) in [6.45, 7) is 1.83. The molecule has 1 saturated carbocycles. The molecule has 7 heteroatoms. The second-order valence-corrected chi connectivity index (χ2v) is 8.31. The summed E-state index contributed by atoms with van der Waals surface area (Å²) < 4.78 is 35.3. The highest BCUT2D eigenvalue weighted by atomic mass is 32.2. The lowest BCUT2D eigenvalue weighted by atomic mass is 10.00. The molecule has 0 spiro atoms. The van der Waals surface area contributed by atoms with Gasteiger partial charge in [-0.15, -0.1) is 0 Å². The van der Waals surface area contributed by atoms with Crippen molar-refractivity contribution < 1.29 is 17.9 Å². The van der Waals surface area contributed by atoms with Gasteiger partial charge in [-0.1, -0.05) is 31.3 Å². The highest BCUT2D eigenvalue weighted by molar-refractivity contribution is 7.92. The molecule has 3 unspecified atom stereocenters. The Labute approximate surface area is 136 Å². The van der Waals surface area contributed by atoms with Gasteiger partial charge in [0.15, 0.2) is 9.84 Å². The van der Waals surface area contributed by atoms with Crippen molar-refractivity contribution in [2.24, 2.45) is 11.1 Å². The van der Waals surface area contributed by atoms with E-state index < -0.39 is 20.5 Å². The van der Waals surface area contributed by atoms with Gasteiger partial charge in [-0.2, -0.15) is 0 Å².